The number of nitrogens with zero attached hydrogens (tertiary/aromatic N) is 3. The van der Waals surface area contributed by atoms with Crippen LogP contribution in [0.25, 0.3) is 11.1 Å². The molecular formula is C49H37Cl4F4N3O. The smallest absolute Gasteiger partial charge is 0.126 e. The van der Waals surface area contributed by atoms with Crippen LogP contribution in [0.2, 0.25) is 20.1 Å². The van der Waals surface area contributed by atoms with Crippen LogP contribution < -0.4 is 0 Å². The van der Waals surface area contributed by atoms with E-state index >= 15 is 0 Å². The summed E-state index contributed by atoms with van der Waals surface area (Å²) >= 11 is 24.3. The van der Waals surface area contributed by atoms with E-state index in [1.165, 1.54) is 24.3 Å². The molecule has 0 atom stereocenters. The van der Waals surface area contributed by atoms with Crippen LogP contribution in [0.3, 0.4) is 0 Å². The van der Waals surface area contributed by atoms with Gasteiger partial charge in [0, 0.05) is 58.4 Å². The molecule has 6 aromatic carbocycles. The summed E-state index contributed by atoms with van der Waals surface area (Å²) in [7, 11) is 0. The molecule has 0 spiro atoms. The number of aliphatic hydroxyl groups excluding tert-OH is 1. The third-order valence-corrected chi connectivity index (χ3v) is 11.7. The Balaban J connectivity index is 0.000000184. The third kappa shape index (κ3) is 10.7. The lowest BCUT2D eigenvalue weighted by Gasteiger charge is -2.42. The van der Waals surface area contributed by atoms with Crippen molar-refractivity contribution in [3.8, 4) is 6.07 Å². The van der Waals surface area contributed by atoms with Crippen LogP contribution in [-0.2, 0) is 0 Å². The topological polar surface area (TPSA) is 50.5 Å². The molecule has 0 aliphatic carbocycles. The minimum atomic E-state index is -0.659. The standard InChI is InChI=1S/C25H18Cl2F2N2.C24H19Cl2F2NO/c26-20-5-1-16(2-6-20)25(17-3-7-21(27)8-4-17)31-14-19(15-31)24(9-10-30)18-11-22(28)13-23(29)12-18;25-19-5-1-15(2-6-19)24(16-3-7-20(26)8-4-16)29-12-18(13-29)23(14-30)17-9-21(27)11-22(28)10-17/h1-8,11-13,25H,9,14-15H2;1-11,24,30H,12-14H2. The Kier molecular flexibility index (Phi) is 14.3. The lowest BCUT2D eigenvalue weighted by Crippen LogP contribution is -2.44. The van der Waals surface area contributed by atoms with Crippen molar-refractivity contribution in [3.05, 3.63) is 221 Å². The molecule has 0 amide bonds. The van der Waals surface area contributed by atoms with Crippen molar-refractivity contribution >= 4 is 57.5 Å². The van der Waals surface area contributed by atoms with Crippen LogP contribution >= 0.6 is 46.4 Å². The van der Waals surface area contributed by atoms with Crippen molar-refractivity contribution in [1.82, 2.24) is 9.80 Å². The van der Waals surface area contributed by atoms with E-state index in [-0.39, 0.29) is 25.1 Å². The largest absolute Gasteiger partial charge is 0.392 e. The summed E-state index contributed by atoms with van der Waals surface area (Å²) in [5.74, 6) is -2.62. The van der Waals surface area contributed by atoms with E-state index in [1.807, 2.05) is 97.1 Å². The molecule has 2 aliphatic rings. The van der Waals surface area contributed by atoms with Gasteiger partial charge in [-0.3, -0.25) is 9.80 Å². The number of benzene rings is 6. The fourth-order valence-electron chi connectivity index (χ4n) is 7.82. The van der Waals surface area contributed by atoms with Gasteiger partial charge in [0.25, 0.3) is 0 Å². The Morgan fingerprint density at radius 2 is 0.770 bits per heavy atom. The second-order valence-corrected chi connectivity index (χ2v) is 16.5. The Bertz CT molecular complexity index is 2470. The van der Waals surface area contributed by atoms with E-state index in [2.05, 4.69) is 15.9 Å². The first-order valence-corrected chi connectivity index (χ1v) is 20.7. The first kappa shape index (κ1) is 44.1. The summed E-state index contributed by atoms with van der Waals surface area (Å²) in [5.41, 5.74) is 8.29. The van der Waals surface area contributed by atoms with Crippen LogP contribution in [0, 0.1) is 34.6 Å². The zero-order valence-corrected chi connectivity index (χ0v) is 35.4. The number of hydrogen-bond acceptors (Lipinski definition) is 4. The molecule has 0 unspecified atom stereocenters. The van der Waals surface area contributed by atoms with Gasteiger partial charge in [-0.15, -0.1) is 0 Å². The van der Waals surface area contributed by atoms with Crippen LogP contribution in [-0.4, -0.2) is 47.7 Å². The van der Waals surface area contributed by atoms with Gasteiger partial charge in [0.15, 0.2) is 0 Å². The number of nitriles is 1. The summed E-state index contributed by atoms with van der Waals surface area (Å²) in [6, 6.07) is 39.5. The Hall–Kier alpha value is -4.95. The van der Waals surface area contributed by atoms with Crippen LogP contribution in [0.5, 0.6) is 0 Å². The van der Waals surface area contributed by atoms with Gasteiger partial charge in [-0.25, -0.2) is 17.6 Å². The molecule has 1 N–H and O–H groups in total. The lowest BCUT2D eigenvalue weighted by molar-refractivity contribution is 0.201. The van der Waals surface area contributed by atoms with Gasteiger partial charge in [-0.2, -0.15) is 5.26 Å². The van der Waals surface area contributed by atoms with Crippen molar-refractivity contribution in [3.63, 3.8) is 0 Å². The van der Waals surface area contributed by atoms with E-state index < -0.39 is 23.3 Å². The van der Waals surface area contributed by atoms with Crippen molar-refractivity contribution in [2.45, 2.75) is 18.5 Å². The molecule has 310 valence electrons. The van der Waals surface area contributed by atoms with Crippen molar-refractivity contribution in [2.24, 2.45) is 0 Å². The normalized spacial score (nSPS) is 13.9. The zero-order valence-electron chi connectivity index (χ0n) is 32.4. The van der Waals surface area contributed by atoms with Gasteiger partial charge >= 0.3 is 0 Å². The molecule has 0 radical (unpaired) electrons. The van der Waals surface area contributed by atoms with E-state index in [0.717, 1.165) is 45.5 Å². The van der Waals surface area contributed by atoms with Gasteiger partial charge in [0.2, 0.25) is 0 Å². The monoisotopic (exact) mass is 899 g/mol. The van der Waals surface area contributed by atoms with E-state index in [9.17, 15) is 27.9 Å². The summed E-state index contributed by atoms with van der Waals surface area (Å²) in [4.78, 5) is 4.47. The average molecular weight is 902 g/mol. The Morgan fingerprint density at radius 3 is 1.05 bits per heavy atom. The quantitative estimate of drug-likeness (QED) is 0.139. The lowest BCUT2D eigenvalue weighted by atomic mass is 9.88. The predicted molar refractivity (Wildman–Crippen MR) is 237 cm³/mol. The summed E-state index contributed by atoms with van der Waals surface area (Å²) in [6.07, 6.45) is 0.0959. The molecule has 2 saturated heterocycles. The highest BCUT2D eigenvalue weighted by molar-refractivity contribution is 6.31. The summed E-state index contributed by atoms with van der Waals surface area (Å²) in [5, 5.41) is 21.8. The minimum absolute atomic E-state index is 0.0347. The fourth-order valence-corrected chi connectivity index (χ4v) is 8.32. The Morgan fingerprint density at radius 1 is 0.492 bits per heavy atom. The van der Waals surface area contributed by atoms with Crippen LogP contribution in [0.4, 0.5) is 17.6 Å². The number of halogens is 8. The van der Waals surface area contributed by atoms with E-state index in [4.69, 9.17) is 46.4 Å². The summed E-state index contributed by atoms with van der Waals surface area (Å²) < 4.78 is 54.8. The zero-order chi connectivity index (χ0) is 43.2. The molecule has 0 bridgehead atoms. The van der Waals surface area contributed by atoms with Gasteiger partial charge in [0.05, 0.1) is 31.2 Å². The highest BCUT2D eigenvalue weighted by Gasteiger charge is 2.34. The maximum absolute atomic E-state index is 13.7. The SMILES string of the molecule is N#CCC(=C1CN(C(c2ccc(Cl)cc2)c2ccc(Cl)cc2)C1)c1cc(F)cc(F)c1.OCC(=C1CN(C(c2ccc(Cl)cc2)c2ccc(Cl)cc2)C1)c1cc(F)cc(F)c1. The first-order valence-electron chi connectivity index (χ1n) is 19.2. The number of aliphatic hydroxyl groups is 1. The molecule has 12 heteroatoms. The van der Waals surface area contributed by atoms with Crippen molar-refractivity contribution in [2.75, 3.05) is 32.8 Å². The molecule has 4 nitrogen and oxygen atoms in total. The maximum atomic E-state index is 13.7. The second-order valence-electron chi connectivity index (χ2n) is 14.8. The number of rotatable bonds is 10. The minimum Gasteiger partial charge on any atom is -0.392 e. The Labute approximate surface area is 372 Å². The van der Waals surface area contributed by atoms with E-state index in [1.54, 1.807) is 0 Å². The number of hydrogen-bond donors (Lipinski definition) is 1. The molecule has 0 aromatic heterocycles. The van der Waals surface area contributed by atoms with Crippen LogP contribution in [0.1, 0.15) is 51.9 Å². The van der Waals surface area contributed by atoms with Gasteiger partial charge in [-0.1, -0.05) is 94.9 Å². The third-order valence-electron chi connectivity index (χ3n) is 10.7. The van der Waals surface area contributed by atoms with E-state index in [0.29, 0.717) is 68.5 Å². The number of allylic oxidation sites excluding steroid dienone is 1. The highest BCUT2D eigenvalue weighted by atomic mass is 35.5. The number of likely N-dealkylation sites (tertiary alicyclic amines) is 2. The maximum Gasteiger partial charge on any atom is 0.126 e. The summed E-state index contributed by atoms with van der Waals surface area (Å²) in [6.45, 7) is 2.04. The molecule has 2 heterocycles. The molecular weight excluding hydrogens is 864 g/mol. The molecule has 2 fully saturated rings. The molecule has 0 saturated carbocycles. The molecule has 8 rings (SSSR count). The average Bonchev–Trinajstić information content (AvgIpc) is 3.19. The van der Waals surface area contributed by atoms with Gasteiger partial charge in [0.1, 0.15) is 23.3 Å². The first-order chi connectivity index (χ1) is 29.4. The van der Waals surface area contributed by atoms with Crippen molar-refractivity contribution in [1.29, 1.82) is 5.26 Å². The highest BCUT2D eigenvalue weighted by Crippen LogP contribution is 2.40. The van der Waals surface area contributed by atoms with Gasteiger partial charge < -0.3 is 5.11 Å². The molecule has 2 aliphatic heterocycles. The second kappa shape index (κ2) is 19.8. The van der Waals surface area contributed by atoms with Crippen LogP contribution in [0.15, 0.2) is 145 Å². The molecule has 61 heavy (non-hydrogen) atoms. The fraction of sp³-hybridized carbons (Fsp3) is 0.163. The van der Waals surface area contributed by atoms with Crippen molar-refractivity contribution < 1.29 is 22.7 Å². The predicted octanol–water partition coefficient (Wildman–Crippen LogP) is 13.2. The van der Waals surface area contributed by atoms with Gasteiger partial charge in [-0.05, 0) is 128 Å². The molecule has 6 aromatic rings.